The number of carbonyl (C=O) groups is 1. The summed E-state index contributed by atoms with van der Waals surface area (Å²) in [5, 5.41) is 6.04. The number of fused-ring (bicyclic) bond motifs is 1. The van der Waals surface area contributed by atoms with Gasteiger partial charge in [0, 0.05) is 18.2 Å². The van der Waals surface area contributed by atoms with Crippen molar-refractivity contribution >= 4 is 17.3 Å². The first kappa shape index (κ1) is 15.8. The molecular formula is C17H25FN2O. The minimum Gasteiger partial charge on any atom is -0.380 e. The van der Waals surface area contributed by atoms with Crippen molar-refractivity contribution in [2.24, 2.45) is 0 Å². The van der Waals surface area contributed by atoms with Crippen LogP contribution < -0.4 is 10.6 Å². The monoisotopic (exact) mass is 292 g/mol. The fourth-order valence-electron chi connectivity index (χ4n) is 2.72. The summed E-state index contributed by atoms with van der Waals surface area (Å²) in [6.07, 6.45) is 6.95. The predicted octanol–water partition coefficient (Wildman–Crippen LogP) is 4.48. The highest BCUT2D eigenvalue weighted by atomic mass is 19.1. The van der Waals surface area contributed by atoms with Crippen molar-refractivity contribution in [3.8, 4) is 0 Å². The van der Waals surface area contributed by atoms with Gasteiger partial charge in [-0.2, -0.15) is 0 Å². The molecule has 2 N–H and O–H groups in total. The maximum absolute atomic E-state index is 14.1. The van der Waals surface area contributed by atoms with Gasteiger partial charge >= 0.3 is 0 Å². The molecule has 1 heterocycles. The zero-order valence-electron chi connectivity index (χ0n) is 13.0. The van der Waals surface area contributed by atoms with E-state index in [2.05, 4.69) is 24.5 Å². The van der Waals surface area contributed by atoms with Gasteiger partial charge in [0.25, 0.3) is 0 Å². The molecule has 21 heavy (non-hydrogen) atoms. The third kappa shape index (κ3) is 4.45. The second-order valence-corrected chi connectivity index (χ2v) is 5.93. The fraction of sp³-hybridized carbons (Fsp3) is 0.588. The van der Waals surface area contributed by atoms with Crippen LogP contribution in [0.4, 0.5) is 15.8 Å². The molecule has 3 nitrogen and oxygen atoms in total. The molecule has 1 atom stereocenters. The van der Waals surface area contributed by atoms with Gasteiger partial charge in [0.1, 0.15) is 5.82 Å². The summed E-state index contributed by atoms with van der Waals surface area (Å²) in [5.41, 5.74) is 2.11. The number of hydrogen-bond acceptors (Lipinski definition) is 2. The molecule has 0 saturated carbocycles. The highest BCUT2D eigenvalue weighted by Gasteiger charge is 2.18. The first-order chi connectivity index (χ1) is 10.1. The Balaban J connectivity index is 1.96. The van der Waals surface area contributed by atoms with Crippen molar-refractivity contribution in [3.05, 3.63) is 23.5 Å². The van der Waals surface area contributed by atoms with Crippen molar-refractivity contribution in [2.75, 3.05) is 10.6 Å². The number of amides is 1. The average molecular weight is 292 g/mol. The lowest BCUT2D eigenvalue weighted by atomic mass is 10.0. The van der Waals surface area contributed by atoms with Gasteiger partial charge in [0.15, 0.2) is 0 Å². The SMILES string of the molecule is CCCCCCC(C)Nc1cc2c(cc1F)CCC(=O)N2. The van der Waals surface area contributed by atoms with Gasteiger partial charge in [-0.25, -0.2) is 4.39 Å². The summed E-state index contributed by atoms with van der Waals surface area (Å²) in [6.45, 7) is 4.27. The molecule has 0 aliphatic carbocycles. The smallest absolute Gasteiger partial charge is 0.224 e. The summed E-state index contributed by atoms with van der Waals surface area (Å²) in [6, 6.07) is 3.50. The van der Waals surface area contributed by atoms with Crippen molar-refractivity contribution in [2.45, 2.75) is 64.8 Å². The normalized spacial score (nSPS) is 15.3. The molecule has 4 heteroatoms. The van der Waals surface area contributed by atoms with Crippen molar-refractivity contribution in [1.82, 2.24) is 0 Å². The summed E-state index contributed by atoms with van der Waals surface area (Å²) >= 11 is 0. The standard InChI is InChI=1S/C17H25FN2O/c1-3-4-5-6-7-12(2)19-16-11-15-13(10-14(16)18)8-9-17(21)20-15/h10-12,19H,3-9H2,1-2H3,(H,20,21). The minimum atomic E-state index is -0.231. The lowest BCUT2D eigenvalue weighted by Crippen LogP contribution is -2.21. The molecule has 1 aliphatic heterocycles. The third-order valence-electron chi connectivity index (χ3n) is 3.98. The van der Waals surface area contributed by atoms with Crippen LogP contribution in [0.1, 0.15) is 57.9 Å². The van der Waals surface area contributed by atoms with Crippen LogP contribution in [-0.2, 0) is 11.2 Å². The van der Waals surface area contributed by atoms with Gasteiger partial charge in [0.2, 0.25) is 5.91 Å². The molecule has 116 valence electrons. The number of aryl methyl sites for hydroxylation is 1. The Labute approximate surface area is 126 Å². The van der Waals surface area contributed by atoms with Crippen LogP contribution in [0.5, 0.6) is 0 Å². The Morgan fingerprint density at radius 1 is 1.29 bits per heavy atom. The highest BCUT2D eigenvalue weighted by Crippen LogP contribution is 2.29. The van der Waals surface area contributed by atoms with E-state index in [1.807, 2.05) is 0 Å². The Bertz CT molecular complexity index is 502. The van der Waals surface area contributed by atoms with E-state index in [9.17, 15) is 9.18 Å². The molecule has 0 bridgehead atoms. The Kier molecular flexibility index (Phi) is 5.59. The van der Waals surface area contributed by atoms with Crippen LogP contribution in [0.15, 0.2) is 12.1 Å². The zero-order valence-corrected chi connectivity index (χ0v) is 13.0. The van der Waals surface area contributed by atoms with E-state index in [1.165, 1.54) is 19.3 Å². The maximum atomic E-state index is 14.1. The van der Waals surface area contributed by atoms with E-state index >= 15 is 0 Å². The van der Waals surface area contributed by atoms with E-state index in [0.717, 1.165) is 24.1 Å². The highest BCUT2D eigenvalue weighted by molar-refractivity contribution is 5.94. The van der Waals surface area contributed by atoms with Crippen LogP contribution in [0.25, 0.3) is 0 Å². The van der Waals surface area contributed by atoms with Crippen LogP contribution in [0, 0.1) is 5.82 Å². The van der Waals surface area contributed by atoms with Crippen LogP contribution >= 0.6 is 0 Å². The van der Waals surface area contributed by atoms with Gasteiger partial charge in [0.05, 0.1) is 5.69 Å². The summed E-state index contributed by atoms with van der Waals surface area (Å²) in [4.78, 5) is 11.4. The molecular weight excluding hydrogens is 267 g/mol. The number of anilines is 2. The van der Waals surface area contributed by atoms with Gasteiger partial charge in [-0.1, -0.05) is 32.6 Å². The molecule has 0 aromatic heterocycles. The number of halogens is 1. The number of unbranched alkanes of at least 4 members (excludes halogenated alkanes) is 3. The molecule has 1 aromatic rings. The number of rotatable bonds is 7. The minimum absolute atomic E-state index is 0.00710. The van der Waals surface area contributed by atoms with Crippen molar-refractivity contribution in [3.63, 3.8) is 0 Å². The number of hydrogen-bond donors (Lipinski definition) is 2. The molecule has 0 saturated heterocycles. The topological polar surface area (TPSA) is 41.1 Å². The second-order valence-electron chi connectivity index (χ2n) is 5.93. The van der Waals surface area contributed by atoms with Crippen LogP contribution in [0.3, 0.4) is 0 Å². The number of benzene rings is 1. The Morgan fingerprint density at radius 3 is 2.86 bits per heavy atom. The van der Waals surface area contributed by atoms with E-state index in [-0.39, 0.29) is 17.8 Å². The molecule has 1 amide bonds. The first-order valence-electron chi connectivity index (χ1n) is 7.99. The first-order valence-corrected chi connectivity index (χ1v) is 7.99. The quantitative estimate of drug-likeness (QED) is 0.727. The fourth-order valence-corrected chi connectivity index (χ4v) is 2.72. The van der Waals surface area contributed by atoms with E-state index in [1.54, 1.807) is 12.1 Å². The molecule has 1 unspecified atom stereocenters. The zero-order chi connectivity index (χ0) is 15.2. The molecule has 0 fully saturated rings. The lowest BCUT2D eigenvalue weighted by Gasteiger charge is -2.21. The largest absolute Gasteiger partial charge is 0.380 e. The number of nitrogens with one attached hydrogen (secondary N) is 2. The molecule has 1 aromatic carbocycles. The molecule has 1 aliphatic rings. The Hall–Kier alpha value is -1.58. The lowest BCUT2D eigenvalue weighted by molar-refractivity contribution is -0.116. The average Bonchev–Trinajstić information content (AvgIpc) is 2.45. The molecule has 0 radical (unpaired) electrons. The molecule has 2 rings (SSSR count). The molecule has 0 spiro atoms. The van der Waals surface area contributed by atoms with E-state index in [4.69, 9.17) is 0 Å². The predicted molar refractivity (Wildman–Crippen MR) is 85.2 cm³/mol. The van der Waals surface area contributed by atoms with Gasteiger partial charge in [-0.15, -0.1) is 0 Å². The van der Waals surface area contributed by atoms with Gasteiger partial charge in [-0.3, -0.25) is 4.79 Å². The van der Waals surface area contributed by atoms with Crippen LogP contribution in [-0.4, -0.2) is 11.9 Å². The van der Waals surface area contributed by atoms with Gasteiger partial charge in [-0.05, 0) is 37.5 Å². The summed E-state index contributed by atoms with van der Waals surface area (Å²) < 4.78 is 14.1. The van der Waals surface area contributed by atoms with Crippen LogP contribution in [0.2, 0.25) is 0 Å². The third-order valence-corrected chi connectivity index (χ3v) is 3.98. The van der Waals surface area contributed by atoms with E-state index in [0.29, 0.717) is 18.5 Å². The summed E-state index contributed by atoms with van der Waals surface area (Å²) in [7, 11) is 0. The van der Waals surface area contributed by atoms with Gasteiger partial charge < -0.3 is 10.6 Å². The number of carbonyl (C=O) groups excluding carboxylic acids is 1. The summed E-state index contributed by atoms with van der Waals surface area (Å²) in [5.74, 6) is -0.224. The van der Waals surface area contributed by atoms with Crippen molar-refractivity contribution in [1.29, 1.82) is 0 Å². The second kappa shape index (κ2) is 7.43. The maximum Gasteiger partial charge on any atom is 0.224 e. The van der Waals surface area contributed by atoms with Crippen molar-refractivity contribution < 1.29 is 9.18 Å². The Morgan fingerprint density at radius 2 is 2.10 bits per heavy atom. The van der Waals surface area contributed by atoms with E-state index < -0.39 is 0 Å².